The number of nitrogens with one attached hydrogen (secondary N) is 2. The molecule has 1 aromatic heterocycles. The summed E-state index contributed by atoms with van der Waals surface area (Å²) in [6.45, 7) is 3.31. The van der Waals surface area contributed by atoms with E-state index in [2.05, 4.69) is 27.8 Å². The minimum Gasteiger partial charge on any atom is -0.497 e. The Morgan fingerprint density at radius 1 is 1.04 bits per heavy atom. The van der Waals surface area contributed by atoms with E-state index in [0.717, 1.165) is 35.7 Å². The second-order valence-corrected chi connectivity index (χ2v) is 6.57. The molecule has 5 heteroatoms. The first kappa shape index (κ1) is 19.4. The van der Waals surface area contributed by atoms with Crippen LogP contribution in [0.1, 0.15) is 27.0 Å². The Hall–Kier alpha value is -3.34. The molecule has 0 radical (unpaired) electrons. The summed E-state index contributed by atoms with van der Waals surface area (Å²) in [5.74, 6) is 1.49. The molecule has 0 spiro atoms. The van der Waals surface area contributed by atoms with Gasteiger partial charge in [0.05, 0.1) is 12.7 Å². The third-order valence-corrected chi connectivity index (χ3v) is 4.61. The summed E-state index contributed by atoms with van der Waals surface area (Å²) < 4.78 is 5.16. The molecule has 5 nitrogen and oxygen atoms in total. The molecule has 0 saturated heterocycles. The number of nitrogens with zero attached hydrogens (tertiary/aromatic N) is 1. The molecule has 144 valence electrons. The van der Waals surface area contributed by atoms with E-state index in [1.54, 1.807) is 19.4 Å². The highest BCUT2D eigenvalue weighted by atomic mass is 16.5. The fraction of sp³-hybridized carbons (Fsp3) is 0.217. The van der Waals surface area contributed by atoms with Gasteiger partial charge in [0.15, 0.2) is 0 Å². The monoisotopic (exact) mass is 375 g/mol. The largest absolute Gasteiger partial charge is 0.497 e. The number of pyridine rings is 1. The Kier molecular flexibility index (Phi) is 6.63. The minimum atomic E-state index is -0.125. The summed E-state index contributed by atoms with van der Waals surface area (Å²) in [4.78, 5) is 16.6. The average Bonchev–Trinajstić information content (AvgIpc) is 2.74. The Morgan fingerprint density at radius 3 is 2.50 bits per heavy atom. The predicted molar refractivity (Wildman–Crippen MR) is 112 cm³/mol. The van der Waals surface area contributed by atoms with Gasteiger partial charge in [0.1, 0.15) is 11.6 Å². The number of hydrogen-bond donors (Lipinski definition) is 2. The second kappa shape index (κ2) is 9.55. The first-order chi connectivity index (χ1) is 13.7. The molecule has 0 atom stereocenters. The van der Waals surface area contributed by atoms with E-state index < -0.39 is 0 Å². The summed E-state index contributed by atoms with van der Waals surface area (Å²) in [5.41, 5.74) is 4.05. The Labute approximate surface area is 165 Å². The Balaban J connectivity index is 1.47. The van der Waals surface area contributed by atoms with Crippen LogP contribution in [-0.2, 0) is 13.0 Å². The molecule has 0 bridgehead atoms. The van der Waals surface area contributed by atoms with Crippen molar-refractivity contribution in [3.63, 3.8) is 0 Å². The third kappa shape index (κ3) is 5.33. The Bertz CT molecular complexity index is 906. The SMILES string of the molecule is COc1ccc(CCNc2ccc(C(=O)NCc3ccccc3C)cn2)cc1. The van der Waals surface area contributed by atoms with E-state index in [9.17, 15) is 4.79 Å². The van der Waals surface area contributed by atoms with Crippen LogP contribution in [-0.4, -0.2) is 24.5 Å². The summed E-state index contributed by atoms with van der Waals surface area (Å²) in [5, 5.41) is 6.22. The first-order valence-electron chi connectivity index (χ1n) is 9.31. The number of aromatic nitrogens is 1. The van der Waals surface area contributed by atoms with Gasteiger partial charge < -0.3 is 15.4 Å². The standard InChI is InChI=1S/C23H25N3O2/c1-17-5-3-4-6-19(17)15-26-23(27)20-9-12-22(25-16-20)24-14-13-18-7-10-21(28-2)11-8-18/h3-12,16H,13-15H2,1-2H3,(H,24,25)(H,26,27). The molecule has 0 fully saturated rings. The van der Waals surface area contributed by atoms with Gasteiger partial charge in [-0.2, -0.15) is 0 Å². The summed E-state index contributed by atoms with van der Waals surface area (Å²) in [6, 6.07) is 19.7. The molecule has 0 unspecified atom stereocenters. The maximum absolute atomic E-state index is 12.3. The molecule has 2 N–H and O–H groups in total. The average molecular weight is 375 g/mol. The third-order valence-electron chi connectivity index (χ3n) is 4.61. The van der Waals surface area contributed by atoms with Crippen LogP contribution >= 0.6 is 0 Å². The van der Waals surface area contributed by atoms with Gasteiger partial charge in [0.25, 0.3) is 5.91 Å². The van der Waals surface area contributed by atoms with Crippen LogP contribution in [0.2, 0.25) is 0 Å². The van der Waals surface area contributed by atoms with Crippen molar-refractivity contribution < 1.29 is 9.53 Å². The molecule has 0 aliphatic heterocycles. The number of benzene rings is 2. The molecule has 3 rings (SSSR count). The van der Waals surface area contributed by atoms with Gasteiger partial charge in [-0.15, -0.1) is 0 Å². The normalized spacial score (nSPS) is 10.4. The van der Waals surface area contributed by atoms with E-state index in [0.29, 0.717) is 12.1 Å². The molecule has 0 aliphatic rings. The number of ether oxygens (including phenoxy) is 1. The first-order valence-corrected chi connectivity index (χ1v) is 9.31. The second-order valence-electron chi connectivity index (χ2n) is 6.57. The fourth-order valence-corrected chi connectivity index (χ4v) is 2.85. The van der Waals surface area contributed by atoms with Crippen molar-refractivity contribution in [2.45, 2.75) is 19.9 Å². The molecular weight excluding hydrogens is 350 g/mol. The minimum absolute atomic E-state index is 0.125. The summed E-state index contributed by atoms with van der Waals surface area (Å²) in [6.07, 6.45) is 2.48. The summed E-state index contributed by atoms with van der Waals surface area (Å²) in [7, 11) is 1.66. The van der Waals surface area contributed by atoms with Crippen LogP contribution in [0.15, 0.2) is 66.9 Å². The van der Waals surface area contributed by atoms with Gasteiger partial charge in [-0.1, -0.05) is 36.4 Å². The molecule has 1 amide bonds. The lowest BCUT2D eigenvalue weighted by atomic mass is 10.1. The van der Waals surface area contributed by atoms with Crippen LogP contribution in [0.25, 0.3) is 0 Å². The van der Waals surface area contributed by atoms with Gasteiger partial charge >= 0.3 is 0 Å². The Morgan fingerprint density at radius 2 is 1.82 bits per heavy atom. The number of rotatable bonds is 8. The predicted octanol–water partition coefficient (Wildman–Crippen LogP) is 3.98. The number of anilines is 1. The number of carbonyl (C=O) groups excluding carboxylic acids is 1. The van der Waals surface area contributed by atoms with Crippen molar-refractivity contribution in [1.82, 2.24) is 10.3 Å². The highest BCUT2D eigenvalue weighted by Crippen LogP contribution is 2.12. The van der Waals surface area contributed by atoms with Crippen molar-refractivity contribution in [1.29, 1.82) is 0 Å². The highest BCUT2D eigenvalue weighted by Gasteiger charge is 2.07. The van der Waals surface area contributed by atoms with Gasteiger partial charge in [-0.25, -0.2) is 4.98 Å². The van der Waals surface area contributed by atoms with Crippen LogP contribution in [0, 0.1) is 6.92 Å². The van der Waals surface area contributed by atoms with Crippen molar-refractivity contribution in [2.24, 2.45) is 0 Å². The lowest BCUT2D eigenvalue weighted by Gasteiger charge is -2.09. The quantitative estimate of drug-likeness (QED) is 0.625. The van der Waals surface area contributed by atoms with Crippen LogP contribution in [0.4, 0.5) is 5.82 Å². The van der Waals surface area contributed by atoms with Crippen LogP contribution in [0.5, 0.6) is 5.75 Å². The van der Waals surface area contributed by atoms with Crippen molar-refractivity contribution in [2.75, 3.05) is 19.0 Å². The van der Waals surface area contributed by atoms with Gasteiger partial charge in [0.2, 0.25) is 0 Å². The molecule has 28 heavy (non-hydrogen) atoms. The molecule has 0 aliphatic carbocycles. The van der Waals surface area contributed by atoms with E-state index >= 15 is 0 Å². The number of methoxy groups -OCH3 is 1. The molecular formula is C23H25N3O2. The molecule has 3 aromatic rings. The van der Waals surface area contributed by atoms with E-state index in [-0.39, 0.29) is 5.91 Å². The van der Waals surface area contributed by atoms with Crippen molar-refractivity contribution in [3.05, 3.63) is 89.1 Å². The maximum Gasteiger partial charge on any atom is 0.253 e. The van der Waals surface area contributed by atoms with Gasteiger partial charge in [-0.05, 0) is 54.3 Å². The zero-order valence-corrected chi connectivity index (χ0v) is 16.2. The lowest BCUT2D eigenvalue weighted by Crippen LogP contribution is -2.23. The molecule has 2 aromatic carbocycles. The van der Waals surface area contributed by atoms with Gasteiger partial charge in [-0.3, -0.25) is 4.79 Å². The number of aryl methyl sites for hydroxylation is 1. The topological polar surface area (TPSA) is 63.2 Å². The number of carbonyl (C=O) groups is 1. The number of amides is 1. The zero-order chi connectivity index (χ0) is 19.8. The molecule has 0 saturated carbocycles. The van der Waals surface area contributed by atoms with E-state index in [1.807, 2.05) is 49.4 Å². The van der Waals surface area contributed by atoms with E-state index in [1.165, 1.54) is 5.56 Å². The van der Waals surface area contributed by atoms with Crippen molar-refractivity contribution in [3.8, 4) is 5.75 Å². The maximum atomic E-state index is 12.3. The fourth-order valence-electron chi connectivity index (χ4n) is 2.85. The lowest BCUT2D eigenvalue weighted by molar-refractivity contribution is 0.0950. The van der Waals surface area contributed by atoms with Crippen molar-refractivity contribution >= 4 is 11.7 Å². The number of hydrogen-bond acceptors (Lipinski definition) is 4. The molecule has 1 heterocycles. The summed E-state index contributed by atoms with van der Waals surface area (Å²) >= 11 is 0. The van der Waals surface area contributed by atoms with Crippen LogP contribution in [0.3, 0.4) is 0 Å². The van der Waals surface area contributed by atoms with E-state index in [4.69, 9.17) is 4.74 Å². The van der Waals surface area contributed by atoms with Crippen LogP contribution < -0.4 is 15.4 Å². The zero-order valence-electron chi connectivity index (χ0n) is 16.2. The highest BCUT2D eigenvalue weighted by molar-refractivity contribution is 5.94. The smallest absolute Gasteiger partial charge is 0.253 e. The van der Waals surface area contributed by atoms with Gasteiger partial charge in [0, 0.05) is 19.3 Å².